The van der Waals surface area contributed by atoms with Gasteiger partial charge in [-0.3, -0.25) is 9.71 Å². The molecule has 0 saturated carbocycles. The molecule has 0 atom stereocenters. The van der Waals surface area contributed by atoms with Crippen molar-refractivity contribution in [2.75, 3.05) is 4.72 Å². The molecule has 1 N–H and O–H groups in total. The number of hydrogen-bond donors (Lipinski definition) is 1. The number of hydrogen-bond acceptors (Lipinski definition) is 5. The lowest BCUT2D eigenvalue weighted by atomic mass is 10.0. The quantitative estimate of drug-likeness (QED) is 0.282. The summed E-state index contributed by atoms with van der Waals surface area (Å²) in [6.07, 6.45) is -4.46. The van der Waals surface area contributed by atoms with Gasteiger partial charge >= 0.3 is 11.8 Å². The molecule has 0 bridgehead atoms. The summed E-state index contributed by atoms with van der Waals surface area (Å²) >= 11 is 0. The van der Waals surface area contributed by atoms with Gasteiger partial charge in [0.2, 0.25) is 0 Å². The van der Waals surface area contributed by atoms with Crippen LogP contribution in [0.3, 0.4) is 0 Å². The molecular formula is C27H19F3N2O4S. The average Bonchev–Trinajstić information content (AvgIpc) is 2.83. The van der Waals surface area contributed by atoms with Crippen LogP contribution < -0.4 is 10.3 Å². The number of benzene rings is 3. The number of rotatable bonds is 5. The summed E-state index contributed by atoms with van der Waals surface area (Å²) in [5.41, 5.74) is 0.946. The minimum Gasteiger partial charge on any atom is -0.423 e. The molecule has 3 aromatic carbocycles. The first-order chi connectivity index (χ1) is 17.5. The Morgan fingerprint density at radius 2 is 1.62 bits per heavy atom. The Morgan fingerprint density at radius 3 is 2.35 bits per heavy atom. The second-order valence-corrected chi connectivity index (χ2v) is 10.3. The number of alkyl halides is 3. The van der Waals surface area contributed by atoms with E-state index >= 15 is 0 Å². The second-order valence-electron chi connectivity index (χ2n) is 8.59. The topological polar surface area (TPSA) is 89.3 Å². The number of fused-ring (bicyclic) bond motifs is 2. The third-order valence-corrected chi connectivity index (χ3v) is 7.23. The lowest BCUT2D eigenvalue weighted by Gasteiger charge is -2.11. The summed E-state index contributed by atoms with van der Waals surface area (Å²) in [5, 5.41) is 0.582. The monoisotopic (exact) mass is 524 g/mol. The summed E-state index contributed by atoms with van der Waals surface area (Å²) in [6.45, 7) is 1.87. The standard InChI is InChI=1S/C27H19F3N2O4S/c1-16-2-6-19-14-20(7-10-24(19)31-16)32-37(34,35)21-8-3-17(4-9-21)12-18-5-11-25-22(13-18)23(27(28,29)30)15-26(33)36-25/h2-11,13-15,32H,12H2,1H3. The maximum Gasteiger partial charge on any atom is 0.417 e. The van der Waals surface area contributed by atoms with Crippen molar-refractivity contribution >= 4 is 37.6 Å². The van der Waals surface area contributed by atoms with Gasteiger partial charge in [0.15, 0.2) is 0 Å². The van der Waals surface area contributed by atoms with E-state index in [1.165, 1.54) is 24.3 Å². The number of aromatic nitrogens is 1. The molecule has 2 aromatic heterocycles. The van der Waals surface area contributed by atoms with E-state index in [9.17, 15) is 26.4 Å². The van der Waals surface area contributed by atoms with E-state index in [0.717, 1.165) is 16.6 Å². The molecule has 37 heavy (non-hydrogen) atoms. The average molecular weight is 525 g/mol. The van der Waals surface area contributed by atoms with Gasteiger partial charge in [-0.15, -0.1) is 0 Å². The molecule has 6 nitrogen and oxygen atoms in total. The number of sulfonamides is 1. The zero-order chi connectivity index (χ0) is 26.4. The highest BCUT2D eigenvalue weighted by Crippen LogP contribution is 2.34. The molecule has 10 heteroatoms. The molecule has 0 aliphatic rings. The smallest absolute Gasteiger partial charge is 0.417 e. The van der Waals surface area contributed by atoms with E-state index in [4.69, 9.17) is 4.42 Å². The fourth-order valence-electron chi connectivity index (χ4n) is 4.08. The molecular weight excluding hydrogens is 505 g/mol. The lowest BCUT2D eigenvalue weighted by molar-refractivity contribution is -0.136. The van der Waals surface area contributed by atoms with Crippen molar-refractivity contribution in [1.82, 2.24) is 4.98 Å². The SMILES string of the molecule is Cc1ccc2cc(NS(=O)(=O)c3ccc(Cc4ccc5oc(=O)cc(C(F)(F)F)c5c4)cc3)ccc2n1. The largest absolute Gasteiger partial charge is 0.423 e. The first kappa shape index (κ1) is 24.5. The lowest BCUT2D eigenvalue weighted by Crippen LogP contribution is -2.13. The molecule has 0 fully saturated rings. The maximum absolute atomic E-state index is 13.4. The molecule has 0 amide bonds. The Bertz CT molecular complexity index is 1810. The predicted molar refractivity (Wildman–Crippen MR) is 134 cm³/mol. The van der Waals surface area contributed by atoms with Gasteiger partial charge in [-0.05, 0) is 73.0 Å². The van der Waals surface area contributed by atoms with Crippen LogP contribution in [-0.4, -0.2) is 13.4 Å². The van der Waals surface area contributed by atoms with Gasteiger partial charge < -0.3 is 4.42 Å². The third-order valence-electron chi connectivity index (χ3n) is 5.83. The Balaban J connectivity index is 1.37. The van der Waals surface area contributed by atoms with Crippen molar-refractivity contribution in [2.24, 2.45) is 0 Å². The van der Waals surface area contributed by atoms with Crippen LogP contribution in [0, 0.1) is 6.92 Å². The Hall–Kier alpha value is -4.18. The van der Waals surface area contributed by atoms with Crippen molar-refractivity contribution in [2.45, 2.75) is 24.4 Å². The van der Waals surface area contributed by atoms with E-state index in [1.54, 1.807) is 36.4 Å². The zero-order valence-electron chi connectivity index (χ0n) is 19.3. The summed E-state index contributed by atoms with van der Waals surface area (Å²) < 4.78 is 73.5. The van der Waals surface area contributed by atoms with Gasteiger partial charge in [-0.2, -0.15) is 13.2 Å². The molecule has 0 unspecified atom stereocenters. The van der Waals surface area contributed by atoms with Gasteiger partial charge in [0.1, 0.15) is 5.58 Å². The molecule has 0 aliphatic heterocycles. The zero-order valence-corrected chi connectivity index (χ0v) is 20.2. The molecule has 0 aliphatic carbocycles. The van der Waals surface area contributed by atoms with Gasteiger partial charge in [0.25, 0.3) is 10.0 Å². The number of nitrogens with one attached hydrogen (secondary N) is 1. The van der Waals surface area contributed by atoms with Crippen LogP contribution in [-0.2, 0) is 22.6 Å². The first-order valence-corrected chi connectivity index (χ1v) is 12.6. The highest BCUT2D eigenvalue weighted by atomic mass is 32.2. The molecule has 0 radical (unpaired) electrons. The number of pyridine rings is 1. The van der Waals surface area contributed by atoms with E-state index in [1.807, 2.05) is 19.1 Å². The Labute approximate surface area is 209 Å². The Kier molecular flexibility index (Phi) is 5.99. The van der Waals surface area contributed by atoms with Crippen molar-refractivity contribution in [3.05, 3.63) is 112 Å². The number of aryl methyl sites for hydroxylation is 1. The molecule has 0 spiro atoms. The maximum atomic E-state index is 13.4. The van der Waals surface area contributed by atoms with Crippen LogP contribution in [0.1, 0.15) is 22.4 Å². The van der Waals surface area contributed by atoms with E-state index in [0.29, 0.717) is 22.9 Å². The number of nitrogens with zero attached hydrogens (tertiary/aromatic N) is 1. The summed E-state index contributed by atoms with van der Waals surface area (Å²) in [5.74, 6) is 0. The van der Waals surface area contributed by atoms with Crippen LogP contribution in [0.2, 0.25) is 0 Å². The minimum absolute atomic E-state index is 0.0398. The minimum atomic E-state index is -4.71. The van der Waals surface area contributed by atoms with E-state index in [-0.39, 0.29) is 22.3 Å². The fraction of sp³-hybridized carbons (Fsp3) is 0.111. The predicted octanol–water partition coefficient (Wildman–Crippen LogP) is 6.06. The normalized spacial score (nSPS) is 12.2. The van der Waals surface area contributed by atoms with Crippen LogP contribution in [0.4, 0.5) is 18.9 Å². The van der Waals surface area contributed by atoms with Crippen molar-refractivity contribution < 1.29 is 26.0 Å². The van der Waals surface area contributed by atoms with Crippen LogP contribution in [0.5, 0.6) is 0 Å². The second kappa shape index (κ2) is 9.04. The summed E-state index contributed by atoms with van der Waals surface area (Å²) in [4.78, 5) is 15.9. The summed E-state index contributed by atoms with van der Waals surface area (Å²) in [7, 11) is -3.87. The van der Waals surface area contributed by atoms with Crippen LogP contribution >= 0.6 is 0 Å². The van der Waals surface area contributed by atoms with Crippen molar-refractivity contribution in [3.63, 3.8) is 0 Å². The van der Waals surface area contributed by atoms with Crippen LogP contribution in [0.25, 0.3) is 21.9 Å². The van der Waals surface area contributed by atoms with Gasteiger partial charge in [-0.1, -0.05) is 24.3 Å². The number of anilines is 1. The summed E-state index contributed by atoms with van der Waals surface area (Å²) in [6, 6.07) is 19.5. The number of halogens is 3. The first-order valence-electron chi connectivity index (χ1n) is 11.1. The molecule has 5 aromatic rings. The van der Waals surface area contributed by atoms with Gasteiger partial charge in [-0.25, -0.2) is 13.2 Å². The molecule has 188 valence electrons. The molecule has 0 saturated heterocycles. The highest BCUT2D eigenvalue weighted by molar-refractivity contribution is 7.92. The van der Waals surface area contributed by atoms with Gasteiger partial charge in [0.05, 0.1) is 16.0 Å². The van der Waals surface area contributed by atoms with Gasteiger partial charge in [0, 0.05) is 28.2 Å². The molecule has 2 heterocycles. The van der Waals surface area contributed by atoms with Crippen molar-refractivity contribution in [1.29, 1.82) is 0 Å². The van der Waals surface area contributed by atoms with E-state index in [2.05, 4.69) is 9.71 Å². The third kappa shape index (κ3) is 5.19. The van der Waals surface area contributed by atoms with E-state index < -0.39 is 27.4 Å². The Morgan fingerprint density at radius 1 is 0.892 bits per heavy atom. The fourth-order valence-corrected chi connectivity index (χ4v) is 5.13. The highest BCUT2D eigenvalue weighted by Gasteiger charge is 2.33. The van der Waals surface area contributed by atoms with Crippen LogP contribution in [0.15, 0.2) is 93.0 Å². The van der Waals surface area contributed by atoms with Crippen molar-refractivity contribution in [3.8, 4) is 0 Å². The molecule has 5 rings (SSSR count).